The van der Waals surface area contributed by atoms with Crippen LogP contribution in [0.2, 0.25) is 0 Å². The van der Waals surface area contributed by atoms with E-state index in [2.05, 4.69) is 30.9 Å². The highest BCUT2D eigenvalue weighted by Gasteiger charge is 2.48. The van der Waals surface area contributed by atoms with Gasteiger partial charge >= 0.3 is 6.18 Å². The van der Waals surface area contributed by atoms with Gasteiger partial charge in [-0.05, 0) is 75.5 Å². The van der Waals surface area contributed by atoms with Gasteiger partial charge in [0.05, 0.1) is 5.69 Å². The summed E-state index contributed by atoms with van der Waals surface area (Å²) >= 11 is 0. The van der Waals surface area contributed by atoms with Crippen LogP contribution in [-0.2, 0) is 11.3 Å². The normalized spacial score (nSPS) is 17.0. The minimum absolute atomic E-state index is 0.0224. The molecule has 0 radical (unpaired) electrons. The Balaban J connectivity index is 1.34. The van der Waals surface area contributed by atoms with E-state index in [0.717, 1.165) is 30.4 Å². The molecule has 3 aromatic rings. The molecule has 0 saturated heterocycles. The van der Waals surface area contributed by atoms with Crippen LogP contribution in [0.25, 0.3) is 11.1 Å². The molecule has 3 aromatic heterocycles. The number of anilines is 1. The van der Waals surface area contributed by atoms with Crippen LogP contribution in [0.1, 0.15) is 54.0 Å². The maximum absolute atomic E-state index is 15.0. The molecule has 220 valence electrons. The number of nitrogens with one attached hydrogen (secondary N) is 3. The number of aromatic amines is 1. The summed E-state index contributed by atoms with van der Waals surface area (Å²) in [4.78, 5) is 30.8. The average molecular weight is 578 g/mol. The summed E-state index contributed by atoms with van der Waals surface area (Å²) in [6.45, 7) is 3.15. The summed E-state index contributed by atoms with van der Waals surface area (Å²) in [7, 11) is 0. The van der Waals surface area contributed by atoms with Crippen molar-refractivity contribution < 1.29 is 32.3 Å². The number of H-pyrrole nitrogens is 1. The van der Waals surface area contributed by atoms with E-state index in [1.807, 2.05) is 0 Å². The molecule has 3 heterocycles. The van der Waals surface area contributed by atoms with Gasteiger partial charge in [-0.15, -0.1) is 0 Å². The third-order valence-electron chi connectivity index (χ3n) is 7.73. The van der Waals surface area contributed by atoms with E-state index < -0.39 is 42.5 Å². The number of aliphatic hydroxyl groups excluding tert-OH is 1. The lowest BCUT2D eigenvalue weighted by atomic mass is 9.88. The number of nitrogens with zero attached hydrogens (tertiary/aromatic N) is 4. The number of hydrogen-bond acceptors (Lipinski definition) is 6. The first kappa shape index (κ1) is 28.7. The largest absolute Gasteiger partial charge is 0.414 e. The van der Waals surface area contributed by atoms with Crippen molar-refractivity contribution in [2.45, 2.75) is 70.8 Å². The number of hydrogen-bond donors (Lipinski definition) is 4. The smallest absolute Gasteiger partial charge is 0.384 e. The van der Waals surface area contributed by atoms with Crippen molar-refractivity contribution in [2.75, 3.05) is 5.32 Å². The van der Waals surface area contributed by atoms with Crippen LogP contribution in [0.4, 0.5) is 23.4 Å². The Morgan fingerprint density at radius 3 is 2.39 bits per heavy atom. The topological polar surface area (TPSA) is 138 Å². The summed E-state index contributed by atoms with van der Waals surface area (Å²) in [5.74, 6) is -1.73. The number of rotatable bonds is 11. The van der Waals surface area contributed by atoms with Gasteiger partial charge in [0.25, 0.3) is 5.91 Å². The van der Waals surface area contributed by atoms with E-state index in [4.69, 9.17) is 0 Å². The van der Waals surface area contributed by atoms with Crippen LogP contribution in [-0.4, -0.2) is 60.2 Å². The highest BCUT2D eigenvalue weighted by Crippen LogP contribution is 2.51. The van der Waals surface area contributed by atoms with Crippen molar-refractivity contribution in [1.82, 2.24) is 30.3 Å². The van der Waals surface area contributed by atoms with Crippen molar-refractivity contribution in [2.24, 2.45) is 17.8 Å². The van der Waals surface area contributed by atoms with Gasteiger partial charge in [-0.25, -0.2) is 4.98 Å². The molecule has 10 nitrogen and oxygen atoms in total. The Bertz CT molecular complexity index is 1400. The molecule has 41 heavy (non-hydrogen) atoms. The van der Waals surface area contributed by atoms with Gasteiger partial charge in [-0.1, -0.05) is 0 Å². The second-order valence-corrected chi connectivity index (χ2v) is 10.8. The molecule has 14 heteroatoms. The maximum atomic E-state index is 15.0. The fourth-order valence-electron chi connectivity index (χ4n) is 5.40. The highest BCUT2D eigenvalue weighted by molar-refractivity contribution is 6.00. The molecule has 0 bridgehead atoms. The predicted molar refractivity (Wildman–Crippen MR) is 139 cm³/mol. The average Bonchev–Trinajstić information content (AvgIpc) is 3.84. The van der Waals surface area contributed by atoms with E-state index in [1.165, 1.54) is 24.4 Å². The van der Waals surface area contributed by atoms with E-state index in [0.29, 0.717) is 17.0 Å². The third-order valence-corrected chi connectivity index (χ3v) is 7.73. The fraction of sp³-hybridized carbons (Fsp3) is 0.519. The first-order chi connectivity index (χ1) is 19.4. The Labute approximate surface area is 232 Å². The summed E-state index contributed by atoms with van der Waals surface area (Å²) in [5.41, 5.74) is 2.05. The third kappa shape index (κ3) is 6.42. The van der Waals surface area contributed by atoms with Gasteiger partial charge in [-0.2, -0.15) is 27.8 Å². The summed E-state index contributed by atoms with van der Waals surface area (Å²) in [5, 5.41) is 25.6. The van der Waals surface area contributed by atoms with Crippen molar-refractivity contribution >= 4 is 17.6 Å². The van der Waals surface area contributed by atoms with Gasteiger partial charge in [0.15, 0.2) is 6.10 Å². The molecule has 0 aliphatic heterocycles. The van der Waals surface area contributed by atoms with Crippen molar-refractivity contribution in [3.05, 3.63) is 47.4 Å². The zero-order valence-electron chi connectivity index (χ0n) is 22.5. The van der Waals surface area contributed by atoms with Crippen LogP contribution >= 0.6 is 0 Å². The second-order valence-electron chi connectivity index (χ2n) is 10.8. The molecule has 2 aliphatic rings. The summed E-state index contributed by atoms with van der Waals surface area (Å²) in [6, 6.07) is 3.34. The van der Waals surface area contributed by atoms with Gasteiger partial charge in [0.2, 0.25) is 11.9 Å². The molecular formula is C27H31F4N7O3. The van der Waals surface area contributed by atoms with Crippen LogP contribution < -0.4 is 10.6 Å². The molecular weight excluding hydrogens is 546 g/mol. The lowest BCUT2D eigenvalue weighted by Crippen LogP contribution is -2.50. The lowest BCUT2D eigenvalue weighted by molar-refractivity contribution is -0.206. The quantitative estimate of drug-likeness (QED) is 0.201. The number of amides is 2. The number of aromatic nitrogens is 5. The fourth-order valence-corrected chi connectivity index (χ4v) is 5.40. The van der Waals surface area contributed by atoms with E-state index in [1.54, 1.807) is 13.8 Å². The molecule has 2 amide bonds. The van der Waals surface area contributed by atoms with Crippen LogP contribution in [0.5, 0.6) is 0 Å². The maximum Gasteiger partial charge on any atom is 0.414 e. The minimum atomic E-state index is -4.79. The molecule has 0 aromatic carbocycles. The Morgan fingerprint density at radius 2 is 1.83 bits per heavy atom. The van der Waals surface area contributed by atoms with E-state index in [-0.39, 0.29) is 41.4 Å². The van der Waals surface area contributed by atoms with Crippen LogP contribution in [0, 0.1) is 37.5 Å². The summed E-state index contributed by atoms with van der Waals surface area (Å²) in [6.07, 6.45) is -3.11. The second kappa shape index (κ2) is 11.2. The number of alkyl halides is 3. The predicted octanol–water partition coefficient (Wildman–Crippen LogP) is 3.91. The first-order valence-corrected chi connectivity index (χ1v) is 13.5. The number of aryl methyl sites for hydroxylation is 3. The Kier molecular flexibility index (Phi) is 7.86. The summed E-state index contributed by atoms with van der Waals surface area (Å²) < 4.78 is 54.3. The number of carbonyl (C=O) groups excluding carboxylic acids is 2. The molecule has 2 saturated carbocycles. The van der Waals surface area contributed by atoms with Crippen molar-refractivity contribution in [3.63, 3.8) is 0 Å². The number of pyridine rings is 1. The molecule has 0 spiro atoms. The number of halogens is 4. The lowest BCUT2D eigenvalue weighted by Gasteiger charge is -2.27. The molecule has 2 atom stereocenters. The van der Waals surface area contributed by atoms with Crippen molar-refractivity contribution in [3.8, 4) is 11.1 Å². The van der Waals surface area contributed by atoms with Crippen LogP contribution in [0.3, 0.4) is 0 Å². The van der Waals surface area contributed by atoms with E-state index in [9.17, 15) is 27.9 Å². The molecule has 5 rings (SSSR count). The molecule has 2 aliphatic carbocycles. The molecule has 1 unspecified atom stereocenters. The number of carbonyl (C=O) groups is 2. The Hall–Kier alpha value is -3.81. The molecule has 2 fully saturated rings. The van der Waals surface area contributed by atoms with Gasteiger partial charge in [0.1, 0.15) is 17.6 Å². The molecule has 4 N–H and O–H groups in total. The SMILES string of the molecule is Cc1n[nH]c(C)c1-c1ccc(NC(=O)[C@@H](NC(=O)c2ccnn2CCC(O)C(F)(F)F)C(C2CC2)C2CC2)nc1F. The number of aliphatic hydroxyl groups is 1. The van der Waals surface area contributed by atoms with Crippen LogP contribution in [0.15, 0.2) is 24.4 Å². The van der Waals surface area contributed by atoms with E-state index >= 15 is 4.39 Å². The highest BCUT2D eigenvalue weighted by atomic mass is 19.4. The minimum Gasteiger partial charge on any atom is -0.384 e. The van der Waals surface area contributed by atoms with Crippen molar-refractivity contribution in [1.29, 1.82) is 0 Å². The van der Waals surface area contributed by atoms with Gasteiger partial charge < -0.3 is 15.7 Å². The zero-order valence-corrected chi connectivity index (χ0v) is 22.5. The van der Waals surface area contributed by atoms with Gasteiger partial charge in [-0.3, -0.25) is 19.4 Å². The monoisotopic (exact) mass is 577 g/mol. The standard InChI is InChI=1S/C27H31F4N7O3/c1-13-21(14(2)37-36-13)17-7-8-20(33-24(17)28)34-26(41)23(22(15-3-4-15)16-5-6-16)35-25(40)18-9-11-32-38(18)12-10-19(39)27(29,30)31/h7-9,11,15-16,19,22-23,39H,3-6,10,12H2,1-2H3,(H,35,40)(H,36,37)(H,33,34,41)/t19?,23-/m0/s1. The Morgan fingerprint density at radius 1 is 1.15 bits per heavy atom. The van der Waals surface area contributed by atoms with Gasteiger partial charge in [0, 0.05) is 36.0 Å². The zero-order chi connectivity index (χ0) is 29.5. The first-order valence-electron chi connectivity index (χ1n) is 13.5.